The summed E-state index contributed by atoms with van der Waals surface area (Å²) in [6.07, 6.45) is -6.78. The minimum absolute atomic E-state index is 0.213. The SMILES string of the molecule is CC(=O)OCCC(=O)CC(CC(=O)CCOC(C)=O)(CC(=O)CCOC(C)=O)CC(OC(CC(CC(=O)CCOC(C)=O)(CC(=O)CCOC(C)=O)CC(=O)CCOC(C)=O)c1ccccc1)c1ccccc1. The highest BCUT2D eigenvalue weighted by Gasteiger charge is 2.43. The zero-order valence-electron chi connectivity index (χ0n) is 42.8. The topological polar surface area (TPSA) is 269 Å². The second-order valence-electron chi connectivity index (χ2n) is 18.2. The molecule has 0 aliphatic carbocycles. The van der Waals surface area contributed by atoms with Gasteiger partial charge in [-0.05, 0) is 34.8 Å². The fourth-order valence-corrected chi connectivity index (χ4v) is 8.51. The molecule has 2 aromatic carbocycles. The Labute approximate surface area is 426 Å². The van der Waals surface area contributed by atoms with Crippen molar-refractivity contribution >= 4 is 70.5 Å². The van der Waals surface area contributed by atoms with Crippen LogP contribution in [0.2, 0.25) is 0 Å². The highest BCUT2D eigenvalue weighted by atomic mass is 16.6. The maximum atomic E-state index is 14.0. The van der Waals surface area contributed by atoms with Gasteiger partial charge in [0.25, 0.3) is 0 Å². The van der Waals surface area contributed by atoms with Gasteiger partial charge in [-0.15, -0.1) is 0 Å². The molecule has 0 bridgehead atoms. The van der Waals surface area contributed by atoms with E-state index in [1.165, 1.54) is 41.5 Å². The van der Waals surface area contributed by atoms with Crippen LogP contribution in [0.5, 0.6) is 0 Å². The first-order chi connectivity index (χ1) is 34.5. The maximum absolute atomic E-state index is 14.0. The number of rotatable bonds is 38. The summed E-state index contributed by atoms with van der Waals surface area (Å²) in [7, 11) is 0. The van der Waals surface area contributed by atoms with E-state index >= 15 is 0 Å². The number of esters is 6. The molecule has 19 nitrogen and oxygen atoms in total. The number of benzene rings is 2. The Kier molecular flexibility index (Phi) is 28.2. The Morgan fingerprint density at radius 2 is 0.521 bits per heavy atom. The van der Waals surface area contributed by atoms with Gasteiger partial charge in [-0.2, -0.15) is 0 Å². The van der Waals surface area contributed by atoms with Gasteiger partial charge in [-0.3, -0.25) is 57.5 Å². The lowest BCUT2D eigenvalue weighted by Gasteiger charge is -2.40. The van der Waals surface area contributed by atoms with Crippen molar-refractivity contribution in [3.05, 3.63) is 71.8 Å². The lowest BCUT2D eigenvalue weighted by molar-refractivity contribution is -0.144. The summed E-state index contributed by atoms with van der Waals surface area (Å²) in [5.41, 5.74) is -2.09. The molecule has 0 aliphatic rings. The van der Waals surface area contributed by atoms with Crippen molar-refractivity contribution in [2.24, 2.45) is 10.8 Å². The second kappa shape index (κ2) is 33.1. The molecule has 2 atom stereocenters. The van der Waals surface area contributed by atoms with Crippen molar-refractivity contribution in [1.82, 2.24) is 0 Å². The molecule has 19 heteroatoms. The van der Waals surface area contributed by atoms with E-state index in [1.807, 2.05) is 0 Å². The number of carbonyl (C=O) groups is 12. The van der Waals surface area contributed by atoms with Gasteiger partial charge in [0.2, 0.25) is 0 Å². The van der Waals surface area contributed by atoms with Gasteiger partial charge in [-0.1, -0.05) is 60.7 Å². The van der Waals surface area contributed by atoms with E-state index in [1.54, 1.807) is 60.7 Å². The Morgan fingerprint density at radius 1 is 0.329 bits per heavy atom. The van der Waals surface area contributed by atoms with Crippen LogP contribution in [-0.2, 0) is 90.7 Å². The van der Waals surface area contributed by atoms with Gasteiger partial charge in [0.15, 0.2) is 0 Å². The van der Waals surface area contributed by atoms with E-state index in [9.17, 15) is 57.5 Å². The number of hydrogen-bond acceptors (Lipinski definition) is 19. The quantitative estimate of drug-likeness (QED) is 0.0499. The van der Waals surface area contributed by atoms with Gasteiger partial charge in [0, 0.05) is 119 Å². The van der Waals surface area contributed by atoms with E-state index in [0.29, 0.717) is 11.1 Å². The van der Waals surface area contributed by atoms with Crippen LogP contribution in [0, 0.1) is 10.8 Å². The summed E-state index contributed by atoms with van der Waals surface area (Å²) in [4.78, 5) is 154. The number of ether oxygens (including phenoxy) is 7. The molecule has 0 N–H and O–H groups in total. The number of ketones is 6. The van der Waals surface area contributed by atoms with Crippen molar-refractivity contribution < 1.29 is 90.7 Å². The van der Waals surface area contributed by atoms with E-state index < -0.39 is 132 Å². The summed E-state index contributed by atoms with van der Waals surface area (Å²) in [6.45, 7) is 5.31. The van der Waals surface area contributed by atoms with Crippen molar-refractivity contribution in [2.75, 3.05) is 39.6 Å². The average molecular weight is 1020 g/mol. The predicted octanol–water partition coefficient (Wildman–Crippen LogP) is 6.71. The van der Waals surface area contributed by atoms with Crippen LogP contribution in [0.4, 0.5) is 0 Å². The lowest BCUT2D eigenvalue weighted by Crippen LogP contribution is -2.36. The third-order valence-electron chi connectivity index (χ3n) is 11.5. The Bertz CT molecular complexity index is 1880. The molecular weight excluding hydrogens is 953 g/mol. The third kappa shape index (κ3) is 27.6. The largest absolute Gasteiger partial charge is 0.465 e. The van der Waals surface area contributed by atoms with Crippen molar-refractivity contribution in [3.63, 3.8) is 0 Å². The summed E-state index contributed by atoms with van der Waals surface area (Å²) in [6, 6.07) is 17.3. The highest BCUT2D eigenvalue weighted by Crippen LogP contribution is 2.48. The Balaban J connectivity index is 2.99. The second-order valence-corrected chi connectivity index (χ2v) is 18.2. The predicted molar refractivity (Wildman–Crippen MR) is 259 cm³/mol. The van der Waals surface area contributed by atoms with Gasteiger partial charge < -0.3 is 33.2 Å². The van der Waals surface area contributed by atoms with Crippen LogP contribution >= 0.6 is 0 Å². The monoisotopic (exact) mass is 1020 g/mol. The summed E-state index contributed by atoms with van der Waals surface area (Å²) >= 11 is 0. The molecule has 0 radical (unpaired) electrons. The third-order valence-corrected chi connectivity index (χ3v) is 11.5. The smallest absolute Gasteiger partial charge is 0.302 e. The van der Waals surface area contributed by atoms with Crippen LogP contribution in [0.25, 0.3) is 0 Å². The zero-order chi connectivity index (χ0) is 54.4. The fraction of sp³-hybridized carbons (Fsp3) is 0.556. The molecule has 0 amide bonds. The first-order valence-corrected chi connectivity index (χ1v) is 24.2. The molecule has 0 saturated carbocycles. The van der Waals surface area contributed by atoms with Crippen LogP contribution in [0.1, 0.15) is 155 Å². The molecule has 0 heterocycles. The van der Waals surface area contributed by atoms with Crippen LogP contribution in [0.3, 0.4) is 0 Å². The molecule has 2 aromatic rings. The Hall–Kier alpha value is -6.76. The van der Waals surface area contributed by atoms with Crippen LogP contribution < -0.4 is 0 Å². The van der Waals surface area contributed by atoms with Crippen LogP contribution in [0.15, 0.2) is 60.7 Å². The molecule has 73 heavy (non-hydrogen) atoms. The molecular formula is C54H70O19. The number of hydrogen-bond donors (Lipinski definition) is 0. The molecule has 400 valence electrons. The first kappa shape index (κ1) is 62.4. The van der Waals surface area contributed by atoms with Gasteiger partial charge in [0.05, 0.1) is 51.8 Å². The minimum atomic E-state index is -1.56. The van der Waals surface area contributed by atoms with E-state index in [0.717, 1.165) is 0 Å². The highest BCUT2D eigenvalue weighted by molar-refractivity contribution is 5.88. The minimum Gasteiger partial charge on any atom is -0.465 e. The fourth-order valence-electron chi connectivity index (χ4n) is 8.51. The summed E-state index contributed by atoms with van der Waals surface area (Å²) in [5.74, 6) is -6.65. The van der Waals surface area contributed by atoms with E-state index in [2.05, 4.69) is 0 Å². The molecule has 0 spiro atoms. The number of Topliss-reactive ketones (excluding diaryl/α,β-unsaturated/α-hetero) is 6. The van der Waals surface area contributed by atoms with Gasteiger partial charge in [0.1, 0.15) is 34.7 Å². The number of carbonyl (C=O) groups excluding carboxylic acids is 12. The summed E-state index contributed by atoms with van der Waals surface area (Å²) < 4.78 is 37.6. The summed E-state index contributed by atoms with van der Waals surface area (Å²) in [5, 5.41) is 0. The van der Waals surface area contributed by atoms with Crippen molar-refractivity contribution in [3.8, 4) is 0 Å². The molecule has 0 fully saturated rings. The van der Waals surface area contributed by atoms with Gasteiger partial charge >= 0.3 is 35.8 Å². The van der Waals surface area contributed by atoms with Crippen LogP contribution in [-0.4, -0.2) is 110 Å². The van der Waals surface area contributed by atoms with E-state index in [4.69, 9.17) is 33.2 Å². The molecule has 0 aromatic heterocycles. The van der Waals surface area contributed by atoms with Crippen molar-refractivity contribution in [1.29, 1.82) is 0 Å². The van der Waals surface area contributed by atoms with Gasteiger partial charge in [-0.25, -0.2) is 0 Å². The maximum Gasteiger partial charge on any atom is 0.302 e. The molecule has 0 saturated heterocycles. The lowest BCUT2D eigenvalue weighted by atomic mass is 9.68. The molecule has 2 unspecified atom stereocenters. The first-order valence-electron chi connectivity index (χ1n) is 24.2. The standard InChI is InChI=1S/C54H70O19/c1-37(55)67-23-17-45(61)29-53(30-46(62)18-24-68-38(2)56,31-47(63)19-25-69-39(3)57)35-51(43-13-9-7-10-14-43)73-52(44-15-11-8-12-16-44)36-54(32-48(64)20-26-70-40(4)58,33-49(65)21-27-71-41(5)59)34-50(66)22-28-72-42(6)60/h7-16,51-52H,17-36H2,1-6H3. The molecule has 2 rings (SSSR count). The molecule has 0 aliphatic heterocycles. The average Bonchev–Trinajstić information content (AvgIpc) is 3.28. The Morgan fingerprint density at radius 3 is 0.699 bits per heavy atom. The zero-order valence-corrected chi connectivity index (χ0v) is 42.8. The van der Waals surface area contributed by atoms with Crippen molar-refractivity contribution in [2.45, 2.75) is 144 Å². The van der Waals surface area contributed by atoms with E-state index in [-0.39, 0.29) is 91.0 Å². The normalized spacial score (nSPS) is 12.0.